The highest BCUT2D eigenvalue weighted by atomic mass is 16.5. The highest BCUT2D eigenvalue weighted by molar-refractivity contribution is 6.09. The van der Waals surface area contributed by atoms with Gasteiger partial charge in [-0.3, -0.25) is 19.7 Å². The Balaban J connectivity index is 1.33. The number of hydrogen-bond donors (Lipinski definition) is 1. The molecule has 0 spiro atoms. The number of rotatable bonds is 12. The second kappa shape index (κ2) is 11.9. The lowest BCUT2D eigenvalue weighted by Crippen LogP contribution is -2.56. The van der Waals surface area contributed by atoms with Gasteiger partial charge in [-0.15, -0.1) is 0 Å². The van der Waals surface area contributed by atoms with E-state index in [1.54, 1.807) is 46.3 Å². The number of likely N-dealkylation sites (N-methyl/N-ethyl adjacent to an activating group) is 1. The number of para-hydroxylation sites is 1. The van der Waals surface area contributed by atoms with Crippen molar-refractivity contribution >= 4 is 23.4 Å². The zero-order valence-electron chi connectivity index (χ0n) is 21.5. The van der Waals surface area contributed by atoms with Crippen molar-refractivity contribution in [3.63, 3.8) is 0 Å². The Morgan fingerprint density at radius 1 is 1.08 bits per heavy atom. The van der Waals surface area contributed by atoms with Gasteiger partial charge in [0, 0.05) is 19.9 Å². The molecule has 0 saturated heterocycles. The van der Waals surface area contributed by atoms with Crippen LogP contribution in [-0.4, -0.2) is 76.8 Å². The van der Waals surface area contributed by atoms with E-state index in [4.69, 9.17) is 14.5 Å². The number of carbonyl (C=O) groups is 2. The van der Waals surface area contributed by atoms with Crippen LogP contribution in [0.3, 0.4) is 0 Å². The molecule has 0 radical (unpaired) electrons. The van der Waals surface area contributed by atoms with Crippen molar-refractivity contribution in [1.29, 1.82) is 0 Å². The fourth-order valence-electron chi connectivity index (χ4n) is 4.68. The van der Waals surface area contributed by atoms with Crippen LogP contribution in [0.5, 0.6) is 11.5 Å². The summed E-state index contributed by atoms with van der Waals surface area (Å²) in [4.78, 5) is 31.6. The maximum absolute atomic E-state index is 13.3. The van der Waals surface area contributed by atoms with Gasteiger partial charge in [0.1, 0.15) is 30.0 Å². The molecule has 1 amide bonds. The maximum atomic E-state index is 13.3. The molecule has 9 heteroatoms. The van der Waals surface area contributed by atoms with Crippen molar-refractivity contribution in [3.05, 3.63) is 60.2 Å². The van der Waals surface area contributed by atoms with E-state index in [0.29, 0.717) is 31.1 Å². The van der Waals surface area contributed by atoms with E-state index in [1.807, 2.05) is 32.2 Å². The Bertz CT molecular complexity index is 1150. The van der Waals surface area contributed by atoms with Gasteiger partial charge in [-0.05, 0) is 36.2 Å². The maximum Gasteiger partial charge on any atom is 0.345 e. The number of carboxylic acid groups (broad SMARTS) is 1. The Kier molecular flexibility index (Phi) is 8.43. The number of carbonyl (C=O) groups excluding carboxylic acids is 1. The van der Waals surface area contributed by atoms with Gasteiger partial charge in [0.05, 0.1) is 12.3 Å². The summed E-state index contributed by atoms with van der Waals surface area (Å²) < 4.78 is 11.6. The van der Waals surface area contributed by atoms with Crippen LogP contribution >= 0.6 is 0 Å². The Hall–Kier alpha value is -3.88. The first-order valence-corrected chi connectivity index (χ1v) is 12.8. The average molecular weight is 507 g/mol. The lowest BCUT2D eigenvalue weighted by atomic mass is 9.98. The van der Waals surface area contributed by atoms with Crippen LogP contribution in [0.25, 0.3) is 0 Å². The lowest BCUT2D eigenvalue weighted by Gasteiger charge is -2.35. The summed E-state index contributed by atoms with van der Waals surface area (Å²) in [5.41, 5.74) is 1.80. The smallest absolute Gasteiger partial charge is 0.345 e. The van der Waals surface area contributed by atoms with Crippen LogP contribution in [-0.2, 0) is 16.0 Å². The highest BCUT2D eigenvalue weighted by Crippen LogP contribution is 2.27. The number of hydrazone groups is 1. The number of carboxylic acids is 1. The minimum Gasteiger partial charge on any atom is -0.492 e. The van der Waals surface area contributed by atoms with Crippen LogP contribution in [0.2, 0.25) is 0 Å². The molecule has 4 rings (SSSR count). The van der Waals surface area contributed by atoms with E-state index < -0.39 is 18.1 Å². The van der Waals surface area contributed by atoms with Crippen molar-refractivity contribution in [2.24, 2.45) is 10.1 Å². The molecule has 3 atom stereocenters. The molecule has 196 valence electrons. The summed E-state index contributed by atoms with van der Waals surface area (Å²) >= 11 is 0. The van der Waals surface area contributed by atoms with E-state index in [9.17, 15) is 14.7 Å². The number of amides is 1. The van der Waals surface area contributed by atoms with Crippen molar-refractivity contribution < 1.29 is 24.2 Å². The van der Waals surface area contributed by atoms with Crippen LogP contribution in [0.1, 0.15) is 38.7 Å². The standard InChI is InChI=1S/C28H34N4O5/c1-4-9-22-25-26(31(3)30-22)27(33)32(24(5-2)29-25)16-17-36-20-14-12-19(13-15-20)18-23(28(34)35)37-21-10-7-6-8-11-21/h6-8,10-15,23,25-26H,4-5,9,16-18H2,1-3H3,(H,34,35)/t23-,25?,26?/m1/s1. The van der Waals surface area contributed by atoms with Gasteiger partial charge in [-0.25, -0.2) is 4.79 Å². The van der Waals surface area contributed by atoms with E-state index >= 15 is 0 Å². The molecule has 9 nitrogen and oxygen atoms in total. The Labute approximate surface area is 217 Å². The van der Waals surface area contributed by atoms with E-state index in [2.05, 4.69) is 12.0 Å². The molecule has 2 aliphatic heterocycles. The number of fused-ring (bicyclic) bond motifs is 1. The zero-order valence-corrected chi connectivity index (χ0v) is 21.5. The van der Waals surface area contributed by atoms with Crippen LogP contribution in [0, 0.1) is 0 Å². The molecule has 0 fully saturated rings. The highest BCUT2D eigenvalue weighted by Gasteiger charge is 2.46. The number of benzene rings is 2. The van der Waals surface area contributed by atoms with E-state index in [0.717, 1.165) is 30.0 Å². The molecule has 2 heterocycles. The van der Waals surface area contributed by atoms with Crippen LogP contribution < -0.4 is 9.47 Å². The second-order valence-electron chi connectivity index (χ2n) is 9.15. The third-order valence-corrected chi connectivity index (χ3v) is 6.50. The van der Waals surface area contributed by atoms with Gasteiger partial charge in [-0.2, -0.15) is 5.10 Å². The van der Waals surface area contributed by atoms with Gasteiger partial charge >= 0.3 is 5.97 Å². The monoisotopic (exact) mass is 506 g/mol. The fraction of sp³-hybridized carbons (Fsp3) is 0.429. The van der Waals surface area contributed by atoms with Crippen molar-refractivity contribution in [1.82, 2.24) is 9.91 Å². The lowest BCUT2D eigenvalue weighted by molar-refractivity contribution is -0.145. The minimum absolute atomic E-state index is 0.00581. The molecule has 0 aromatic heterocycles. The van der Waals surface area contributed by atoms with Gasteiger partial charge < -0.3 is 14.6 Å². The molecule has 2 aromatic carbocycles. The molecular formula is C28H34N4O5. The van der Waals surface area contributed by atoms with Crippen molar-refractivity contribution in [2.45, 2.75) is 57.7 Å². The summed E-state index contributed by atoms with van der Waals surface area (Å²) in [5.74, 6) is 0.906. The summed E-state index contributed by atoms with van der Waals surface area (Å²) in [7, 11) is 1.83. The SMILES string of the molecule is CCCC1=NN(C)C2C(=O)N(CCOc3ccc(C[C@@H](Oc4ccccc4)C(=O)O)cc3)C(CC)=NC12. The molecule has 0 aliphatic carbocycles. The number of aliphatic carboxylic acids is 1. The summed E-state index contributed by atoms with van der Waals surface area (Å²) in [6.45, 7) is 4.80. The normalized spacial score (nSPS) is 19.7. The molecule has 2 aliphatic rings. The molecule has 37 heavy (non-hydrogen) atoms. The summed E-state index contributed by atoms with van der Waals surface area (Å²) in [6, 6.07) is 15.6. The molecule has 0 saturated carbocycles. The van der Waals surface area contributed by atoms with E-state index in [1.165, 1.54) is 0 Å². The van der Waals surface area contributed by atoms with Gasteiger partial charge in [0.25, 0.3) is 5.91 Å². The molecule has 1 N–H and O–H groups in total. The third-order valence-electron chi connectivity index (χ3n) is 6.50. The van der Waals surface area contributed by atoms with Crippen molar-refractivity contribution in [2.75, 3.05) is 20.2 Å². The van der Waals surface area contributed by atoms with Gasteiger partial charge in [0.2, 0.25) is 0 Å². The van der Waals surface area contributed by atoms with Gasteiger partial charge in [-0.1, -0.05) is 50.6 Å². The minimum atomic E-state index is -1.02. The quantitative estimate of drug-likeness (QED) is 0.472. The van der Waals surface area contributed by atoms with E-state index in [-0.39, 0.29) is 18.4 Å². The average Bonchev–Trinajstić information content (AvgIpc) is 3.21. The molecule has 0 bridgehead atoms. The number of aliphatic imine (C=N–C) groups is 1. The first kappa shape index (κ1) is 26.2. The topological polar surface area (TPSA) is 104 Å². The first-order valence-electron chi connectivity index (χ1n) is 12.8. The first-order chi connectivity index (χ1) is 17.9. The van der Waals surface area contributed by atoms with Gasteiger partial charge in [0.15, 0.2) is 12.1 Å². The summed E-state index contributed by atoms with van der Waals surface area (Å²) in [5, 5.41) is 15.9. The third kappa shape index (κ3) is 6.10. The second-order valence-corrected chi connectivity index (χ2v) is 9.15. The number of nitrogens with zero attached hydrogens (tertiary/aromatic N) is 4. The summed E-state index contributed by atoms with van der Waals surface area (Å²) in [6.07, 6.45) is 1.69. The molecule has 2 unspecified atom stereocenters. The predicted octanol–water partition coefficient (Wildman–Crippen LogP) is 3.63. The Morgan fingerprint density at radius 2 is 1.81 bits per heavy atom. The number of amidine groups is 1. The zero-order chi connectivity index (χ0) is 26.4. The molecular weight excluding hydrogens is 472 g/mol. The molecule has 2 aromatic rings. The van der Waals surface area contributed by atoms with Crippen LogP contribution in [0.4, 0.5) is 0 Å². The predicted molar refractivity (Wildman–Crippen MR) is 141 cm³/mol. The number of ether oxygens (including phenoxy) is 2. The fourth-order valence-corrected chi connectivity index (χ4v) is 4.68. The number of hydrogen-bond acceptors (Lipinski definition) is 7. The largest absolute Gasteiger partial charge is 0.492 e. The van der Waals surface area contributed by atoms with Crippen LogP contribution in [0.15, 0.2) is 64.7 Å². The van der Waals surface area contributed by atoms with Crippen molar-refractivity contribution in [3.8, 4) is 11.5 Å². The Morgan fingerprint density at radius 3 is 2.46 bits per heavy atom.